The molecule has 1 N–H and O–H groups in total. The molecule has 1 fully saturated rings. The SMILES string of the molecule is CCNC(C)c1ccc(OCCC2CC2)cc1F. The monoisotopic (exact) mass is 251 g/mol. The highest BCUT2D eigenvalue weighted by atomic mass is 19.1. The smallest absolute Gasteiger partial charge is 0.131 e. The van der Waals surface area contributed by atoms with Crippen LogP contribution >= 0.6 is 0 Å². The van der Waals surface area contributed by atoms with Gasteiger partial charge in [0.15, 0.2) is 0 Å². The number of hydrogen-bond acceptors (Lipinski definition) is 2. The molecule has 0 aliphatic heterocycles. The molecule has 100 valence electrons. The largest absolute Gasteiger partial charge is 0.493 e. The van der Waals surface area contributed by atoms with Gasteiger partial charge in [-0.25, -0.2) is 4.39 Å². The van der Waals surface area contributed by atoms with Gasteiger partial charge >= 0.3 is 0 Å². The van der Waals surface area contributed by atoms with Crippen molar-refractivity contribution in [2.75, 3.05) is 13.2 Å². The van der Waals surface area contributed by atoms with Gasteiger partial charge in [-0.2, -0.15) is 0 Å². The van der Waals surface area contributed by atoms with Crippen LogP contribution in [-0.2, 0) is 0 Å². The highest BCUT2D eigenvalue weighted by molar-refractivity contribution is 5.30. The Balaban J connectivity index is 1.90. The van der Waals surface area contributed by atoms with E-state index in [4.69, 9.17) is 4.74 Å². The van der Waals surface area contributed by atoms with E-state index in [-0.39, 0.29) is 11.9 Å². The molecule has 3 heteroatoms. The Bertz CT molecular complexity index is 390. The summed E-state index contributed by atoms with van der Waals surface area (Å²) in [5.74, 6) is 1.30. The molecule has 18 heavy (non-hydrogen) atoms. The van der Waals surface area contributed by atoms with E-state index < -0.39 is 0 Å². The first-order chi connectivity index (χ1) is 8.70. The molecule has 0 heterocycles. The zero-order chi connectivity index (χ0) is 13.0. The number of halogens is 1. The molecule has 1 unspecified atom stereocenters. The highest BCUT2D eigenvalue weighted by Gasteiger charge is 2.20. The third-order valence-electron chi connectivity index (χ3n) is 3.44. The van der Waals surface area contributed by atoms with Crippen LogP contribution in [-0.4, -0.2) is 13.2 Å². The second-order valence-corrected chi connectivity index (χ2v) is 5.04. The lowest BCUT2D eigenvalue weighted by Crippen LogP contribution is -2.18. The van der Waals surface area contributed by atoms with E-state index in [2.05, 4.69) is 5.32 Å². The van der Waals surface area contributed by atoms with Crippen molar-refractivity contribution in [3.8, 4) is 5.75 Å². The summed E-state index contributed by atoms with van der Waals surface area (Å²) >= 11 is 0. The standard InChI is InChI=1S/C15H22FNO/c1-3-17-11(2)14-7-6-13(10-15(14)16)18-9-8-12-4-5-12/h6-7,10-12,17H,3-5,8-9H2,1-2H3. The maximum absolute atomic E-state index is 13.9. The number of nitrogens with one attached hydrogen (secondary N) is 1. The van der Waals surface area contributed by atoms with Gasteiger partial charge in [0, 0.05) is 17.7 Å². The van der Waals surface area contributed by atoms with E-state index in [0.29, 0.717) is 17.9 Å². The van der Waals surface area contributed by atoms with Crippen LogP contribution in [0.5, 0.6) is 5.75 Å². The predicted octanol–water partition coefficient (Wildman–Crippen LogP) is 3.68. The summed E-state index contributed by atoms with van der Waals surface area (Å²) in [6, 6.07) is 5.21. The second kappa shape index (κ2) is 6.19. The summed E-state index contributed by atoms with van der Waals surface area (Å²) in [4.78, 5) is 0. The van der Waals surface area contributed by atoms with Crippen LogP contribution in [0, 0.1) is 11.7 Å². The first kappa shape index (κ1) is 13.3. The lowest BCUT2D eigenvalue weighted by Gasteiger charge is -2.14. The van der Waals surface area contributed by atoms with Crippen molar-refractivity contribution in [3.05, 3.63) is 29.6 Å². The van der Waals surface area contributed by atoms with Crippen molar-refractivity contribution in [3.63, 3.8) is 0 Å². The van der Waals surface area contributed by atoms with E-state index in [9.17, 15) is 4.39 Å². The van der Waals surface area contributed by atoms with Crippen LogP contribution < -0.4 is 10.1 Å². The Morgan fingerprint density at radius 3 is 2.83 bits per heavy atom. The van der Waals surface area contributed by atoms with Gasteiger partial charge in [-0.1, -0.05) is 25.8 Å². The van der Waals surface area contributed by atoms with Crippen LogP contribution in [0.4, 0.5) is 4.39 Å². The minimum Gasteiger partial charge on any atom is -0.493 e. The zero-order valence-electron chi connectivity index (χ0n) is 11.2. The van der Waals surface area contributed by atoms with Gasteiger partial charge in [0.05, 0.1) is 6.61 Å². The Morgan fingerprint density at radius 1 is 1.44 bits per heavy atom. The first-order valence-corrected chi connectivity index (χ1v) is 6.86. The molecular weight excluding hydrogens is 229 g/mol. The van der Waals surface area contributed by atoms with Gasteiger partial charge < -0.3 is 10.1 Å². The Labute approximate surface area is 109 Å². The summed E-state index contributed by atoms with van der Waals surface area (Å²) in [5.41, 5.74) is 0.700. The number of hydrogen-bond donors (Lipinski definition) is 1. The van der Waals surface area contributed by atoms with Crippen molar-refractivity contribution >= 4 is 0 Å². The van der Waals surface area contributed by atoms with E-state index in [1.54, 1.807) is 0 Å². The Morgan fingerprint density at radius 2 is 2.22 bits per heavy atom. The van der Waals surface area contributed by atoms with Gasteiger partial charge in [0.25, 0.3) is 0 Å². The normalized spacial score (nSPS) is 16.6. The van der Waals surface area contributed by atoms with Crippen molar-refractivity contribution in [1.29, 1.82) is 0 Å². The number of rotatable bonds is 7. The molecule has 0 amide bonds. The Hall–Kier alpha value is -1.09. The first-order valence-electron chi connectivity index (χ1n) is 6.86. The predicted molar refractivity (Wildman–Crippen MR) is 71.3 cm³/mol. The van der Waals surface area contributed by atoms with Gasteiger partial charge in [0.1, 0.15) is 11.6 Å². The molecule has 0 radical (unpaired) electrons. The van der Waals surface area contributed by atoms with Gasteiger partial charge in [-0.3, -0.25) is 0 Å². The molecule has 0 saturated heterocycles. The van der Waals surface area contributed by atoms with Crippen LogP contribution in [0.1, 0.15) is 44.7 Å². The van der Waals surface area contributed by atoms with E-state index in [1.807, 2.05) is 26.0 Å². The molecule has 0 aromatic heterocycles. The molecule has 2 nitrogen and oxygen atoms in total. The molecule has 1 saturated carbocycles. The summed E-state index contributed by atoms with van der Waals surface area (Å²) in [7, 11) is 0. The fourth-order valence-corrected chi connectivity index (χ4v) is 2.11. The van der Waals surface area contributed by atoms with Crippen molar-refractivity contribution in [2.45, 2.75) is 39.2 Å². The molecule has 0 spiro atoms. The van der Waals surface area contributed by atoms with Gasteiger partial charge in [-0.05, 0) is 31.9 Å². The fraction of sp³-hybridized carbons (Fsp3) is 0.600. The lowest BCUT2D eigenvalue weighted by atomic mass is 10.1. The highest BCUT2D eigenvalue weighted by Crippen LogP contribution is 2.32. The fourth-order valence-electron chi connectivity index (χ4n) is 2.11. The van der Waals surface area contributed by atoms with E-state index in [0.717, 1.165) is 18.9 Å². The van der Waals surface area contributed by atoms with Gasteiger partial charge in [0.2, 0.25) is 0 Å². The molecule has 1 atom stereocenters. The quantitative estimate of drug-likeness (QED) is 0.798. The molecule has 1 aliphatic carbocycles. The summed E-state index contributed by atoms with van der Waals surface area (Å²) in [5, 5.41) is 3.21. The van der Waals surface area contributed by atoms with Crippen LogP contribution in [0.25, 0.3) is 0 Å². The topological polar surface area (TPSA) is 21.3 Å². The molecule has 1 aromatic carbocycles. The summed E-state index contributed by atoms with van der Waals surface area (Å²) in [6.45, 7) is 5.52. The molecule has 0 bridgehead atoms. The van der Waals surface area contributed by atoms with Crippen LogP contribution in [0.2, 0.25) is 0 Å². The minimum absolute atomic E-state index is 0.0375. The maximum atomic E-state index is 13.9. The van der Waals surface area contributed by atoms with E-state index >= 15 is 0 Å². The average molecular weight is 251 g/mol. The molecule has 1 aromatic rings. The van der Waals surface area contributed by atoms with Gasteiger partial charge in [-0.15, -0.1) is 0 Å². The van der Waals surface area contributed by atoms with Crippen LogP contribution in [0.3, 0.4) is 0 Å². The third kappa shape index (κ3) is 3.70. The number of ether oxygens (including phenoxy) is 1. The maximum Gasteiger partial charge on any atom is 0.131 e. The van der Waals surface area contributed by atoms with E-state index in [1.165, 1.54) is 18.9 Å². The molecule has 1 aliphatic rings. The average Bonchev–Trinajstić information content (AvgIpc) is 3.13. The minimum atomic E-state index is -0.188. The summed E-state index contributed by atoms with van der Waals surface area (Å²) in [6.07, 6.45) is 3.75. The third-order valence-corrected chi connectivity index (χ3v) is 3.44. The Kier molecular flexibility index (Phi) is 4.59. The van der Waals surface area contributed by atoms with Crippen LogP contribution in [0.15, 0.2) is 18.2 Å². The summed E-state index contributed by atoms with van der Waals surface area (Å²) < 4.78 is 19.5. The molecule has 2 rings (SSSR count). The molecular formula is C15H22FNO. The van der Waals surface area contributed by atoms with Crippen molar-refractivity contribution in [2.24, 2.45) is 5.92 Å². The second-order valence-electron chi connectivity index (χ2n) is 5.04. The van der Waals surface area contributed by atoms with Crippen molar-refractivity contribution in [1.82, 2.24) is 5.32 Å². The lowest BCUT2D eigenvalue weighted by molar-refractivity contribution is 0.300. The van der Waals surface area contributed by atoms with Crippen molar-refractivity contribution < 1.29 is 9.13 Å². The number of benzene rings is 1. The zero-order valence-corrected chi connectivity index (χ0v) is 11.2.